The van der Waals surface area contributed by atoms with Gasteiger partial charge in [-0.3, -0.25) is 4.90 Å². The van der Waals surface area contributed by atoms with E-state index in [1.807, 2.05) is 60.7 Å². The SMILES string of the molecule is CC12COC([C@@H]3[C@H](c4ccccc4)N3C(=O)OCc3ccccc3)(OC1)OC2. The maximum Gasteiger partial charge on any atom is 0.411 e. The maximum atomic E-state index is 12.9. The topological polar surface area (TPSA) is 57.0 Å². The summed E-state index contributed by atoms with van der Waals surface area (Å²) in [6, 6.07) is 18.9. The molecule has 2 bridgehead atoms. The molecule has 0 unspecified atom stereocenters. The highest BCUT2D eigenvalue weighted by Gasteiger charge is 2.70. The van der Waals surface area contributed by atoms with Crippen LogP contribution in [0, 0.1) is 5.41 Å². The second-order valence-corrected chi connectivity index (χ2v) is 8.03. The first-order valence-corrected chi connectivity index (χ1v) is 9.56. The van der Waals surface area contributed by atoms with Gasteiger partial charge < -0.3 is 18.9 Å². The molecule has 0 aliphatic carbocycles. The van der Waals surface area contributed by atoms with E-state index in [9.17, 15) is 4.79 Å². The van der Waals surface area contributed by atoms with Crippen molar-refractivity contribution in [2.24, 2.45) is 5.41 Å². The molecule has 4 heterocycles. The van der Waals surface area contributed by atoms with Gasteiger partial charge in [0.05, 0.1) is 25.9 Å². The van der Waals surface area contributed by atoms with Crippen molar-refractivity contribution < 1.29 is 23.7 Å². The predicted octanol–water partition coefficient (Wildman–Crippen LogP) is 3.49. The summed E-state index contributed by atoms with van der Waals surface area (Å²) < 4.78 is 23.5. The summed E-state index contributed by atoms with van der Waals surface area (Å²) in [4.78, 5) is 14.5. The van der Waals surface area contributed by atoms with Gasteiger partial charge in [-0.05, 0) is 11.1 Å². The number of hydrogen-bond acceptors (Lipinski definition) is 5. The highest BCUT2D eigenvalue weighted by Crippen LogP contribution is 2.55. The lowest BCUT2D eigenvalue weighted by Gasteiger charge is -2.50. The number of hydrogen-bond donors (Lipinski definition) is 0. The van der Waals surface area contributed by atoms with Crippen LogP contribution in [0.4, 0.5) is 4.79 Å². The summed E-state index contributed by atoms with van der Waals surface area (Å²) in [6.07, 6.45) is -0.396. The van der Waals surface area contributed by atoms with Crippen molar-refractivity contribution in [1.29, 1.82) is 0 Å². The zero-order valence-electron chi connectivity index (χ0n) is 15.7. The van der Waals surface area contributed by atoms with Crippen molar-refractivity contribution in [3.63, 3.8) is 0 Å². The predicted molar refractivity (Wildman–Crippen MR) is 100 cm³/mol. The molecule has 2 aromatic carbocycles. The van der Waals surface area contributed by atoms with Crippen LogP contribution in [0.25, 0.3) is 0 Å². The normalized spacial score (nSPS) is 33.5. The van der Waals surface area contributed by atoms with E-state index in [4.69, 9.17) is 18.9 Å². The minimum absolute atomic E-state index is 0.127. The molecule has 0 aromatic heterocycles. The first-order valence-electron chi connectivity index (χ1n) is 9.56. The van der Waals surface area contributed by atoms with Gasteiger partial charge in [0.2, 0.25) is 0 Å². The fraction of sp³-hybridized carbons (Fsp3) is 0.409. The molecule has 6 nitrogen and oxygen atoms in total. The first-order chi connectivity index (χ1) is 13.6. The molecule has 2 aromatic rings. The first kappa shape index (κ1) is 17.7. The molecule has 146 valence electrons. The summed E-state index contributed by atoms with van der Waals surface area (Å²) in [5.74, 6) is -1.22. The number of amides is 1. The van der Waals surface area contributed by atoms with Crippen LogP contribution in [0.3, 0.4) is 0 Å². The monoisotopic (exact) mass is 381 g/mol. The average Bonchev–Trinajstić information content (AvgIpc) is 3.51. The van der Waals surface area contributed by atoms with E-state index in [-0.39, 0.29) is 24.1 Å². The lowest BCUT2D eigenvalue weighted by atomic mass is 9.91. The zero-order chi connectivity index (χ0) is 19.2. The van der Waals surface area contributed by atoms with Gasteiger partial charge >= 0.3 is 12.1 Å². The Hall–Kier alpha value is -2.41. The van der Waals surface area contributed by atoms with Crippen LogP contribution in [0.5, 0.6) is 0 Å². The molecule has 0 saturated carbocycles. The molecular weight excluding hydrogens is 358 g/mol. The van der Waals surface area contributed by atoms with Crippen molar-refractivity contribution in [3.05, 3.63) is 71.8 Å². The largest absolute Gasteiger partial charge is 0.445 e. The fourth-order valence-electron chi connectivity index (χ4n) is 3.94. The van der Waals surface area contributed by atoms with Crippen molar-refractivity contribution >= 4 is 6.09 Å². The van der Waals surface area contributed by atoms with Crippen LogP contribution in [0.15, 0.2) is 60.7 Å². The Labute approximate surface area is 163 Å². The summed E-state index contributed by atoms with van der Waals surface area (Å²) in [6.45, 7) is 3.95. The van der Waals surface area contributed by atoms with Gasteiger partial charge in [0.15, 0.2) is 0 Å². The standard InChI is InChI=1S/C22H23NO5/c1-21-13-26-22(27-14-21,28-15-21)19-18(17-10-6-3-7-11-17)23(19)20(24)25-12-16-8-4-2-5-9-16/h2-11,18-19H,12-15H2,1H3/t18-,19-,21?,22?,23?/m0/s1. The van der Waals surface area contributed by atoms with E-state index in [0.717, 1.165) is 11.1 Å². The lowest BCUT2D eigenvalue weighted by molar-refractivity contribution is -0.467. The van der Waals surface area contributed by atoms with Crippen molar-refractivity contribution in [1.82, 2.24) is 4.90 Å². The molecule has 0 N–H and O–H groups in total. The van der Waals surface area contributed by atoms with Crippen LogP contribution in [0.1, 0.15) is 24.1 Å². The molecule has 0 spiro atoms. The second-order valence-electron chi connectivity index (χ2n) is 8.03. The third-order valence-electron chi connectivity index (χ3n) is 5.59. The number of carbonyl (C=O) groups excluding carboxylic acids is 1. The Kier molecular flexibility index (Phi) is 4.16. The molecule has 4 fully saturated rings. The van der Waals surface area contributed by atoms with Gasteiger partial charge in [-0.1, -0.05) is 67.6 Å². The third kappa shape index (κ3) is 2.98. The smallest absolute Gasteiger partial charge is 0.411 e. The van der Waals surface area contributed by atoms with Gasteiger partial charge in [0, 0.05) is 5.41 Å². The zero-order valence-corrected chi connectivity index (χ0v) is 15.7. The van der Waals surface area contributed by atoms with Gasteiger partial charge in [0.25, 0.3) is 0 Å². The fourth-order valence-corrected chi connectivity index (χ4v) is 3.94. The van der Waals surface area contributed by atoms with Crippen LogP contribution in [0.2, 0.25) is 0 Å². The Morgan fingerprint density at radius 2 is 1.57 bits per heavy atom. The number of ether oxygens (including phenoxy) is 4. The van der Waals surface area contributed by atoms with Crippen LogP contribution in [-0.4, -0.2) is 42.8 Å². The summed E-state index contributed by atoms with van der Waals surface area (Å²) in [5, 5.41) is 0. The highest BCUT2D eigenvalue weighted by molar-refractivity contribution is 5.73. The number of rotatable bonds is 4. The van der Waals surface area contributed by atoms with Crippen molar-refractivity contribution in [3.8, 4) is 0 Å². The lowest BCUT2D eigenvalue weighted by Crippen LogP contribution is -2.62. The van der Waals surface area contributed by atoms with Gasteiger partial charge in [-0.25, -0.2) is 4.79 Å². The van der Waals surface area contributed by atoms with E-state index < -0.39 is 12.1 Å². The van der Waals surface area contributed by atoms with Crippen LogP contribution in [-0.2, 0) is 25.6 Å². The Balaban J connectivity index is 1.36. The van der Waals surface area contributed by atoms with Crippen molar-refractivity contribution in [2.75, 3.05) is 19.8 Å². The molecule has 0 radical (unpaired) electrons. The van der Waals surface area contributed by atoms with E-state index >= 15 is 0 Å². The quantitative estimate of drug-likeness (QED) is 0.759. The number of nitrogens with zero attached hydrogens (tertiary/aromatic N) is 1. The molecule has 6 rings (SSSR count). The number of carbonyl (C=O) groups is 1. The molecule has 28 heavy (non-hydrogen) atoms. The average molecular weight is 381 g/mol. The Morgan fingerprint density at radius 3 is 2.18 bits per heavy atom. The number of benzene rings is 2. The Bertz CT molecular complexity index is 831. The number of fused-ring (bicyclic) bond motifs is 3. The molecule has 1 amide bonds. The maximum absolute atomic E-state index is 12.9. The Morgan fingerprint density at radius 1 is 1.00 bits per heavy atom. The van der Waals surface area contributed by atoms with Crippen molar-refractivity contribution in [2.45, 2.75) is 31.6 Å². The van der Waals surface area contributed by atoms with Gasteiger partial charge in [-0.15, -0.1) is 0 Å². The van der Waals surface area contributed by atoms with Gasteiger partial charge in [-0.2, -0.15) is 0 Å². The highest BCUT2D eigenvalue weighted by atomic mass is 16.9. The van der Waals surface area contributed by atoms with E-state index in [1.165, 1.54) is 0 Å². The van der Waals surface area contributed by atoms with Crippen LogP contribution < -0.4 is 0 Å². The van der Waals surface area contributed by atoms with E-state index in [2.05, 4.69) is 6.92 Å². The third-order valence-corrected chi connectivity index (χ3v) is 5.59. The molecule has 4 aliphatic heterocycles. The van der Waals surface area contributed by atoms with Gasteiger partial charge in [0.1, 0.15) is 12.6 Å². The van der Waals surface area contributed by atoms with E-state index in [0.29, 0.717) is 19.8 Å². The minimum Gasteiger partial charge on any atom is -0.445 e. The minimum atomic E-state index is -1.22. The summed E-state index contributed by atoms with van der Waals surface area (Å²) in [7, 11) is 0. The molecular formula is C22H23NO5. The second kappa shape index (κ2) is 6.58. The molecule has 4 aliphatic rings. The molecule has 6 heteroatoms. The summed E-state index contributed by atoms with van der Waals surface area (Å²) >= 11 is 0. The molecule has 2 atom stereocenters. The summed E-state index contributed by atoms with van der Waals surface area (Å²) in [5.41, 5.74) is 1.82. The molecule has 4 saturated heterocycles. The van der Waals surface area contributed by atoms with E-state index in [1.54, 1.807) is 4.90 Å². The van der Waals surface area contributed by atoms with Crippen LogP contribution >= 0.6 is 0 Å².